The summed E-state index contributed by atoms with van der Waals surface area (Å²) in [4.78, 5) is 41.2. The van der Waals surface area contributed by atoms with Crippen LogP contribution < -0.4 is 10.9 Å². The summed E-state index contributed by atoms with van der Waals surface area (Å²) in [5.74, 6) is -0.407. The number of Topliss-reactive ketones (excluding diaryl/α,β-unsaturated/α-hetero) is 1. The molecule has 0 saturated heterocycles. The number of benzene rings is 2. The van der Waals surface area contributed by atoms with Gasteiger partial charge in [-0.05, 0) is 37.6 Å². The summed E-state index contributed by atoms with van der Waals surface area (Å²) in [7, 11) is 0. The van der Waals surface area contributed by atoms with Gasteiger partial charge in [0, 0.05) is 11.3 Å². The van der Waals surface area contributed by atoms with Crippen molar-refractivity contribution in [1.29, 1.82) is 0 Å². The molecule has 0 bridgehead atoms. The minimum absolute atomic E-state index is 0.0805. The first-order valence-corrected chi connectivity index (χ1v) is 8.39. The summed E-state index contributed by atoms with van der Waals surface area (Å²) in [6.07, 6.45) is 1.84. The molecule has 26 heavy (non-hydrogen) atoms. The van der Waals surface area contributed by atoms with E-state index in [2.05, 4.69) is 10.3 Å². The van der Waals surface area contributed by atoms with E-state index < -0.39 is 6.04 Å². The second-order valence-corrected chi connectivity index (χ2v) is 6.02. The topological polar surface area (TPSA) is 81.1 Å². The van der Waals surface area contributed by atoms with Gasteiger partial charge in [0.25, 0.3) is 5.56 Å². The number of hydrogen-bond donors (Lipinski definition) is 1. The Morgan fingerprint density at radius 3 is 2.65 bits per heavy atom. The van der Waals surface area contributed by atoms with Crippen LogP contribution in [0.1, 0.15) is 36.7 Å². The molecular weight excluding hydrogens is 330 g/mol. The average molecular weight is 349 g/mol. The number of fused-ring (bicyclic) bond motifs is 1. The van der Waals surface area contributed by atoms with Gasteiger partial charge < -0.3 is 5.32 Å². The van der Waals surface area contributed by atoms with Gasteiger partial charge in [0.05, 0.1) is 17.2 Å². The molecule has 1 unspecified atom stereocenters. The molecule has 132 valence electrons. The van der Waals surface area contributed by atoms with Gasteiger partial charge in [-0.1, -0.05) is 31.2 Å². The lowest BCUT2D eigenvalue weighted by molar-refractivity contribution is -0.119. The fourth-order valence-electron chi connectivity index (χ4n) is 2.85. The first-order chi connectivity index (χ1) is 12.5. The number of carbonyl (C=O) groups excluding carboxylic acids is 2. The number of anilines is 1. The average Bonchev–Trinajstić information content (AvgIpc) is 2.64. The van der Waals surface area contributed by atoms with Crippen LogP contribution in [-0.2, 0) is 4.79 Å². The Kier molecular flexibility index (Phi) is 4.93. The van der Waals surface area contributed by atoms with Crippen LogP contribution in [0.3, 0.4) is 0 Å². The molecule has 6 nitrogen and oxygen atoms in total. The Balaban J connectivity index is 1.93. The molecule has 6 heteroatoms. The molecule has 1 aromatic heterocycles. The minimum Gasteiger partial charge on any atom is -0.324 e. The fourth-order valence-corrected chi connectivity index (χ4v) is 2.85. The van der Waals surface area contributed by atoms with E-state index in [1.54, 1.807) is 42.5 Å². The zero-order valence-electron chi connectivity index (χ0n) is 14.6. The van der Waals surface area contributed by atoms with Crippen molar-refractivity contribution < 1.29 is 9.59 Å². The molecule has 0 fully saturated rings. The normalized spacial score (nSPS) is 11.9. The van der Waals surface area contributed by atoms with Gasteiger partial charge in [0.1, 0.15) is 6.04 Å². The highest BCUT2D eigenvalue weighted by atomic mass is 16.2. The fraction of sp³-hybridized carbons (Fsp3) is 0.200. The van der Waals surface area contributed by atoms with Crippen molar-refractivity contribution in [2.24, 2.45) is 0 Å². The van der Waals surface area contributed by atoms with E-state index in [1.165, 1.54) is 17.8 Å². The summed E-state index contributed by atoms with van der Waals surface area (Å²) in [6, 6.07) is 13.1. The second kappa shape index (κ2) is 7.31. The van der Waals surface area contributed by atoms with E-state index in [0.717, 1.165) is 0 Å². The molecule has 1 N–H and O–H groups in total. The zero-order chi connectivity index (χ0) is 18.7. The molecule has 1 heterocycles. The molecule has 0 radical (unpaired) electrons. The lowest BCUT2D eigenvalue weighted by atomic mass is 10.1. The number of aromatic nitrogens is 2. The molecule has 3 rings (SSSR count). The quantitative estimate of drug-likeness (QED) is 0.717. The van der Waals surface area contributed by atoms with E-state index in [-0.39, 0.29) is 17.2 Å². The van der Waals surface area contributed by atoms with Crippen LogP contribution in [0.15, 0.2) is 59.7 Å². The van der Waals surface area contributed by atoms with Crippen molar-refractivity contribution in [3.63, 3.8) is 0 Å². The molecule has 1 amide bonds. The van der Waals surface area contributed by atoms with E-state index in [1.807, 2.05) is 13.0 Å². The van der Waals surface area contributed by atoms with Crippen molar-refractivity contribution in [3.8, 4) is 0 Å². The summed E-state index contributed by atoms with van der Waals surface area (Å²) >= 11 is 0. The molecule has 0 saturated carbocycles. The summed E-state index contributed by atoms with van der Waals surface area (Å²) in [6.45, 7) is 3.30. The smallest absolute Gasteiger partial charge is 0.261 e. The standard InChI is InChI=1S/C20H19N3O3/c1-3-18(19(25)22-15-8-6-7-14(11-15)13(2)24)23-12-21-17-10-5-4-9-16(17)20(23)26/h4-12,18H,3H2,1-2H3,(H,22,25). The molecule has 3 aromatic rings. The number of nitrogens with zero attached hydrogens (tertiary/aromatic N) is 2. The summed E-state index contributed by atoms with van der Waals surface area (Å²) in [5.41, 5.74) is 1.37. The predicted octanol–water partition coefficient (Wildman–Crippen LogP) is 3.19. The number of hydrogen-bond acceptors (Lipinski definition) is 4. The Morgan fingerprint density at radius 1 is 1.15 bits per heavy atom. The number of amides is 1. The molecule has 2 aromatic carbocycles. The molecule has 0 spiro atoms. The van der Waals surface area contributed by atoms with Crippen LogP contribution in [0.5, 0.6) is 0 Å². The van der Waals surface area contributed by atoms with Gasteiger partial charge >= 0.3 is 0 Å². The van der Waals surface area contributed by atoms with Crippen molar-refractivity contribution in [2.45, 2.75) is 26.3 Å². The van der Waals surface area contributed by atoms with E-state index in [9.17, 15) is 14.4 Å². The third kappa shape index (κ3) is 3.39. The number of ketones is 1. The third-order valence-electron chi connectivity index (χ3n) is 4.25. The highest BCUT2D eigenvalue weighted by molar-refractivity contribution is 5.98. The Hall–Kier alpha value is -3.28. The van der Waals surface area contributed by atoms with Gasteiger partial charge in [-0.3, -0.25) is 19.0 Å². The monoisotopic (exact) mass is 349 g/mol. The predicted molar refractivity (Wildman–Crippen MR) is 100 cm³/mol. The largest absolute Gasteiger partial charge is 0.324 e. The van der Waals surface area contributed by atoms with Crippen LogP contribution in [0.4, 0.5) is 5.69 Å². The SMILES string of the molecule is CCC(C(=O)Nc1cccc(C(C)=O)c1)n1cnc2ccccc2c1=O. The van der Waals surface area contributed by atoms with Gasteiger partial charge in [-0.25, -0.2) is 4.98 Å². The molecule has 0 aliphatic heterocycles. The Labute approximate surface area is 150 Å². The molecular formula is C20H19N3O3. The van der Waals surface area contributed by atoms with Crippen molar-refractivity contribution in [3.05, 3.63) is 70.8 Å². The maximum atomic E-state index is 12.7. The van der Waals surface area contributed by atoms with Crippen LogP contribution >= 0.6 is 0 Å². The van der Waals surface area contributed by atoms with Crippen LogP contribution in [0, 0.1) is 0 Å². The van der Waals surface area contributed by atoms with Gasteiger partial charge in [0.2, 0.25) is 5.91 Å². The van der Waals surface area contributed by atoms with Crippen molar-refractivity contribution >= 4 is 28.3 Å². The Morgan fingerprint density at radius 2 is 1.92 bits per heavy atom. The number of rotatable bonds is 5. The maximum absolute atomic E-state index is 12.7. The summed E-state index contributed by atoms with van der Waals surface area (Å²) < 4.78 is 1.35. The maximum Gasteiger partial charge on any atom is 0.261 e. The lowest BCUT2D eigenvalue weighted by Gasteiger charge is -2.18. The number of para-hydroxylation sites is 1. The molecule has 0 aliphatic rings. The first-order valence-electron chi connectivity index (χ1n) is 8.39. The highest BCUT2D eigenvalue weighted by Crippen LogP contribution is 2.17. The Bertz CT molecular complexity index is 1040. The van der Waals surface area contributed by atoms with Gasteiger partial charge in [-0.2, -0.15) is 0 Å². The van der Waals surface area contributed by atoms with E-state index in [0.29, 0.717) is 28.6 Å². The van der Waals surface area contributed by atoms with Gasteiger partial charge in [-0.15, -0.1) is 0 Å². The lowest BCUT2D eigenvalue weighted by Crippen LogP contribution is -2.33. The minimum atomic E-state index is -0.694. The van der Waals surface area contributed by atoms with E-state index in [4.69, 9.17) is 0 Å². The van der Waals surface area contributed by atoms with Gasteiger partial charge in [0.15, 0.2) is 5.78 Å². The first kappa shape index (κ1) is 17.5. The highest BCUT2D eigenvalue weighted by Gasteiger charge is 2.21. The van der Waals surface area contributed by atoms with Crippen LogP contribution in [0.2, 0.25) is 0 Å². The van der Waals surface area contributed by atoms with E-state index >= 15 is 0 Å². The van der Waals surface area contributed by atoms with Crippen molar-refractivity contribution in [2.75, 3.05) is 5.32 Å². The number of nitrogens with one attached hydrogen (secondary N) is 1. The van der Waals surface area contributed by atoms with Crippen LogP contribution in [-0.4, -0.2) is 21.2 Å². The molecule has 0 aliphatic carbocycles. The molecule has 1 atom stereocenters. The zero-order valence-corrected chi connectivity index (χ0v) is 14.6. The third-order valence-corrected chi connectivity index (χ3v) is 4.25. The second-order valence-electron chi connectivity index (χ2n) is 6.02. The van der Waals surface area contributed by atoms with Crippen molar-refractivity contribution in [1.82, 2.24) is 9.55 Å². The number of carbonyl (C=O) groups is 2. The summed E-state index contributed by atoms with van der Waals surface area (Å²) in [5, 5.41) is 3.26. The van der Waals surface area contributed by atoms with Crippen LogP contribution in [0.25, 0.3) is 10.9 Å².